The van der Waals surface area contributed by atoms with Crippen LogP contribution >= 0.6 is 0 Å². The summed E-state index contributed by atoms with van der Waals surface area (Å²) in [7, 11) is -3.86. The van der Waals surface area contributed by atoms with E-state index in [2.05, 4.69) is 25.2 Å². The molecule has 4 N–H and O–H groups in total. The van der Waals surface area contributed by atoms with Crippen molar-refractivity contribution in [3.05, 3.63) is 53.1 Å². The number of aryl methyl sites for hydroxylation is 2. The maximum absolute atomic E-state index is 12.6. The van der Waals surface area contributed by atoms with E-state index in [4.69, 9.17) is 5.73 Å². The number of nitrogens with two attached hydrogens (primary N) is 1. The second-order valence-electron chi connectivity index (χ2n) is 7.13. The first-order chi connectivity index (χ1) is 14.5. The zero-order valence-electron chi connectivity index (χ0n) is 17.4. The molecule has 0 spiro atoms. The molecule has 1 heterocycles. The molecule has 0 saturated heterocycles. The van der Waals surface area contributed by atoms with E-state index in [0.29, 0.717) is 17.2 Å². The topological polar surface area (TPSA) is 156 Å². The number of ketones is 2. The summed E-state index contributed by atoms with van der Waals surface area (Å²) < 4.78 is 27.6. The predicted molar refractivity (Wildman–Crippen MR) is 116 cm³/mol. The maximum Gasteiger partial charge on any atom is 0.263 e. The number of hydrogen-bond donors (Lipinski definition) is 3. The van der Waals surface area contributed by atoms with Gasteiger partial charge in [-0.3, -0.25) is 19.7 Å². The number of nitrogens with one attached hydrogen (secondary N) is 2. The third-order valence-electron chi connectivity index (χ3n) is 4.72. The number of aromatic nitrogens is 2. The molecule has 1 atom stereocenters. The molecule has 1 aromatic carbocycles. The SMILES string of the molecule is CC1=C(N)/C(=N/Nc2ccc(S(=O)(=O)Nc3cc(C)nc(C)n3)cc2)C(=O)C(C)C1=O. The summed E-state index contributed by atoms with van der Waals surface area (Å²) in [6.45, 7) is 6.46. The molecule has 1 aromatic heterocycles. The number of Topliss-reactive ketones (excluding diaryl/α,β-unsaturated/α-hetero) is 2. The summed E-state index contributed by atoms with van der Waals surface area (Å²) in [4.78, 5) is 32.5. The standard InChI is InChI=1S/C20H22N6O4S/c1-10-9-16(23-13(4)22-10)26-31(29,30)15-7-5-14(6-8-15)24-25-18-17(21)11(2)19(27)12(3)20(18)28/h5-9,12,24H,21H2,1-4H3,(H,22,23,26)/b25-18-. The minimum absolute atomic E-state index is 0.0165. The van der Waals surface area contributed by atoms with E-state index in [-0.39, 0.29) is 33.5 Å². The Labute approximate surface area is 179 Å². The van der Waals surface area contributed by atoms with E-state index in [1.54, 1.807) is 20.8 Å². The maximum atomic E-state index is 12.6. The Morgan fingerprint density at radius 1 is 1.03 bits per heavy atom. The molecule has 0 bridgehead atoms. The first kappa shape index (κ1) is 22.1. The van der Waals surface area contributed by atoms with Gasteiger partial charge < -0.3 is 5.73 Å². The number of sulfonamides is 1. The highest BCUT2D eigenvalue weighted by molar-refractivity contribution is 7.92. The van der Waals surface area contributed by atoms with Gasteiger partial charge in [0.05, 0.1) is 22.2 Å². The van der Waals surface area contributed by atoms with E-state index in [1.807, 2.05) is 0 Å². The van der Waals surface area contributed by atoms with Crippen molar-refractivity contribution in [1.82, 2.24) is 9.97 Å². The highest BCUT2D eigenvalue weighted by Crippen LogP contribution is 2.21. The summed E-state index contributed by atoms with van der Waals surface area (Å²) in [5.74, 6) is -1.01. The number of benzene rings is 1. The third-order valence-corrected chi connectivity index (χ3v) is 6.09. The highest BCUT2D eigenvalue weighted by atomic mass is 32.2. The Hall–Kier alpha value is -3.60. The quantitative estimate of drug-likeness (QED) is 0.466. The van der Waals surface area contributed by atoms with E-state index in [1.165, 1.54) is 37.3 Å². The van der Waals surface area contributed by atoms with Crippen LogP contribution in [0.25, 0.3) is 0 Å². The zero-order valence-corrected chi connectivity index (χ0v) is 18.2. The van der Waals surface area contributed by atoms with Crippen LogP contribution < -0.4 is 15.9 Å². The van der Waals surface area contributed by atoms with E-state index in [9.17, 15) is 18.0 Å². The van der Waals surface area contributed by atoms with Crippen LogP contribution in [-0.2, 0) is 19.6 Å². The second-order valence-corrected chi connectivity index (χ2v) is 8.82. The number of anilines is 2. The van der Waals surface area contributed by atoms with Gasteiger partial charge in [-0.1, -0.05) is 0 Å². The lowest BCUT2D eigenvalue weighted by atomic mass is 9.85. The normalized spacial score (nSPS) is 18.5. The van der Waals surface area contributed by atoms with Crippen molar-refractivity contribution in [2.45, 2.75) is 32.6 Å². The molecule has 10 nitrogen and oxygen atoms in total. The fraction of sp³-hybridized carbons (Fsp3) is 0.250. The molecule has 31 heavy (non-hydrogen) atoms. The monoisotopic (exact) mass is 442 g/mol. The number of hydrogen-bond acceptors (Lipinski definition) is 9. The number of carbonyl (C=O) groups is 2. The van der Waals surface area contributed by atoms with Crippen molar-refractivity contribution in [3.63, 3.8) is 0 Å². The molecular formula is C20H22N6O4S. The van der Waals surface area contributed by atoms with Crippen LogP contribution in [0.2, 0.25) is 0 Å². The fourth-order valence-electron chi connectivity index (χ4n) is 3.00. The summed E-state index contributed by atoms with van der Waals surface area (Å²) >= 11 is 0. The molecule has 1 unspecified atom stereocenters. The van der Waals surface area contributed by atoms with E-state index in [0.717, 1.165) is 0 Å². The van der Waals surface area contributed by atoms with Gasteiger partial charge in [-0.15, -0.1) is 0 Å². The Balaban J connectivity index is 1.79. The van der Waals surface area contributed by atoms with Gasteiger partial charge in [-0.25, -0.2) is 18.4 Å². The van der Waals surface area contributed by atoms with Gasteiger partial charge in [0, 0.05) is 17.3 Å². The minimum Gasteiger partial charge on any atom is -0.396 e. The molecule has 2 aromatic rings. The molecule has 1 aliphatic rings. The van der Waals surface area contributed by atoms with Crippen molar-refractivity contribution in [2.24, 2.45) is 16.8 Å². The van der Waals surface area contributed by atoms with Crippen LogP contribution in [0.4, 0.5) is 11.5 Å². The average molecular weight is 443 g/mol. The van der Waals surface area contributed by atoms with Crippen molar-refractivity contribution >= 4 is 38.8 Å². The number of carbonyl (C=O) groups excluding carboxylic acids is 2. The summed E-state index contributed by atoms with van der Waals surface area (Å²) in [5.41, 5.74) is 9.91. The molecule has 1 aliphatic carbocycles. The van der Waals surface area contributed by atoms with Crippen molar-refractivity contribution in [1.29, 1.82) is 0 Å². The van der Waals surface area contributed by atoms with Crippen LogP contribution in [0.1, 0.15) is 25.4 Å². The van der Waals surface area contributed by atoms with E-state index < -0.39 is 21.7 Å². The van der Waals surface area contributed by atoms with E-state index >= 15 is 0 Å². The molecular weight excluding hydrogens is 420 g/mol. The molecule has 0 amide bonds. The lowest BCUT2D eigenvalue weighted by Crippen LogP contribution is -2.39. The van der Waals surface area contributed by atoms with Crippen LogP contribution in [0, 0.1) is 19.8 Å². The molecule has 0 fully saturated rings. The Morgan fingerprint density at radius 2 is 1.68 bits per heavy atom. The fourth-order valence-corrected chi connectivity index (χ4v) is 3.99. The van der Waals surface area contributed by atoms with Crippen LogP contribution in [0.5, 0.6) is 0 Å². The summed E-state index contributed by atoms with van der Waals surface area (Å²) in [6.07, 6.45) is 0. The van der Waals surface area contributed by atoms with Gasteiger partial charge in [-0.2, -0.15) is 5.10 Å². The highest BCUT2D eigenvalue weighted by Gasteiger charge is 2.35. The number of hydrazone groups is 1. The van der Waals surface area contributed by atoms with Crippen molar-refractivity contribution < 1.29 is 18.0 Å². The van der Waals surface area contributed by atoms with Crippen LogP contribution in [0.3, 0.4) is 0 Å². The van der Waals surface area contributed by atoms with Crippen molar-refractivity contribution in [3.8, 4) is 0 Å². The average Bonchev–Trinajstić information content (AvgIpc) is 2.70. The molecule has 0 saturated carbocycles. The first-order valence-electron chi connectivity index (χ1n) is 9.33. The van der Waals surface area contributed by atoms with Crippen molar-refractivity contribution in [2.75, 3.05) is 10.1 Å². The largest absolute Gasteiger partial charge is 0.396 e. The molecule has 0 aliphatic heterocycles. The number of allylic oxidation sites excluding steroid dienone is 2. The lowest BCUT2D eigenvalue weighted by Gasteiger charge is -2.19. The Kier molecular flexibility index (Phi) is 5.89. The van der Waals surface area contributed by atoms with Gasteiger partial charge in [0.25, 0.3) is 10.0 Å². The van der Waals surface area contributed by atoms with Gasteiger partial charge in [0.15, 0.2) is 17.3 Å². The minimum atomic E-state index is -3.86. The third kappa shape index (κ3) is 4.61. The van der Waals surface area contributed by atoms with Crippen LogP contribution in [0.15, 0.2) is 51.6 Å². The molecule has 11 heteroatoms. The van der Waals surface area contributed by atoms with Gasteiger partial charge in [-0.05, 0) is 52.0 Å². The lowest BCUT2D eigenvalue weighted by molar-refractivity contribution is -0.126. The van der Waals surface area contributed by atoms with Gasteiger partial charge in [0.1, 0.15) is 11.6 Å². The Bertz CT molecular complexity index is 1210. The molecule has 0 radical (unpaired) electrons. The smallest absolute Gasteiger partial charge is 0.263 e. The van der Waals surface area contributed by atoms with Gasteiger partial charge >= 0.3 is 0 Å². The molecule has 3 rings (SSSR count). The van der Waals surface area contributed by atoms with Gasteiger partial charge in [0.2, 0.25) is 0 Å². The zero-order chi connectivity index (χ0) is 22.9. The summed E-state index contributed by atoms with van der Waals surface area (Å²) in [6, 6.07) is 7.27. The predicted octanol–water partition coefficient (Wildman–Crippen LogP) is 1.68. The summed E-state index contributed by atoms with van der Waals surface area (Å²) in [5, 5.41) is 4.03. The second kappa shape index (κ2) is 8.26. The number of nitrogens with zero attached hydrogens (tertiary/aromatic N) is 3. The Morgan fingerprint density at radius 3 is 2.29 bits per heavy atom. The first-order valence-corrected chi connectivity index (χ1v) is 10.8. The molecule has 162 valence electrons. The van der Waals surface area contributed by atoms with Crippen LogP contribution in [-0.4, -0.2) is 35.7 Å². The number of rotatable bonds is 5.